The number of fused-ring (bicyclic) bond motifs is 1. The number of carbonyl (C=O) groups excluding carboxylic acids is 1. The van der Waals surface area contributed by atoms with Crippen LogP contribution in [0.4, 0.5) is 5.13 Å². The van der Waals surface area contributed by atoms with Gasteiger partial charge in [0.15, 0.2) is 5.13 Å². The Kier molecular flexibility index (Phi) is 6.13. The smallest absolute Gasteiger partial charge is 0.240 e. The number of hydrogen-bond donors (Lipinski definition) is 2. The van der Waals surface area contributed by atoms with Gasteiger partial charge in [0.05, 0.1) is 18.3 Å². The zero-order chi connectivity index (χ0) is 21.0. The highest BCUT2D eigenvalue weighted by Crippen LogP contribution is 2.31. The molecule has 0 unspecified atom stereocenters. The van der Waals surface area contributed by atoms with Crippen LogP contribution < -0.4 is 5.32 Å². The van der Waals surface area contributed by atoms with Crippen molar-refractivity contribution in [2.24, 2.45) is 0 Å². The van der Waals surface area contributed by atoms with Crippen LogP contribution in [-0.2, 0) is 16.1 Å². The quantitative estimate of drug-likeness (QED) is 0.396. The van der Waals surface area contributed by atoms with Gasteiger partial charge in [-0.25, -0.2) is 4.98 Å². The van der Waals surface area contributed by atoms with Crippen molar-refractivity contribution in [3.8, 4) is 11.3 Å². The minimum absolute atomic E-state index is 0.0469. The van der Waals surface area contributed by atoms with Crippen LogP contribution in [0.2, 0.25) is 0 Å². The van der Waals surface area contributed by atoms with Crippen molar-refractivity contribution in [2.75, 3.05) is 25.0 Å². The van der Waals surface area contributed by atoms with E-state index < -0.39 is 0 Å². The van der Waals surface area contributed by atoms with Crippen LogP contribution in [0.5, 0.6) is 0 Å². The molecule has 3 aromatic heterocycles. The van der Waals surface area contributed by atoms with Crippen molar-refractivity contribution in [3.05, 3.63) is 58.2 Å². The molecule has 0 radical (unpaired) electrons. The van der Waals surface area contributed by atoms with Gasteiger partial charge in [0.2, 0.25) is 5.91 Å². The zero-order valence-corrected chi connectivity index (χ0v) is 18.7. The van der Waals surface area contributed by atoms with Crippen molar-refractivity contribution in [1.82, 2.24) is 14.9 Å². The van der Waals surface area contributed by atoms with Gasteiger partial charge in [-0.3, -0.25) is 9.69 Å². The first-order chi connectivity index (χ1) is 15.2. The van der Waals surface area contributed by atoms with Crippen molar-refractivity contribution in [2.45, 2.75) is 25.5 Å². The standard InChI is InChI=1S/C23H24N4O2S2/c28-22(14-27(12-16-5-3-9-29-16)13-17-6-4-10-30-17)26-23-25-21(15-31-23)19-11-24-20-8-2-1-7-18(19)20/h1-2,4,6-8,10-11,15-16,24H,3,5,9,12-14H2,(H,25,26,28)/t16-/m0/s1. The molecule has 1 aromatic carbocycles. The molecule has 1 aliphatic heterocycles. The van der Waals surface area contributed by atoms with Gasteiger partial charge in [-0.1, -0.05) is 24.3 Å². The molecule has 0 spiro atoms. The van der Waals surface area contributed by atoms with E-state index in [4.69, 9.17) is 4.74 Å². The minimum Gasteiger partial charge on any atom is -0.377 e. The van der Waals surface area contributed by atoms with Gasteiger partial charge < -0.3 is 15.0 Å². The third-order valence-corrected chi connectivity index (χ3v) is 7.05. The third-order valence-electron chi connectivity index (χ3n) is 5.43. The van der Waals surface area contributed by atoms with Crippen LogP contribution in [0.1, 0.15) is 17.7 Å². The Morgan fingerprint density at radius 2 is 2.19 bits per heavy atom. The van der Waals surface area contributed by atoms with Gasteiger partial charge in [0, 0.05) is 52.6 Å². The Bertz CT molecular complexity index is 1150. The predicted molar refractivity (Wildman–Crippen MR) is 127 cm³/mol. The summed E-state index contributed by atoms with van der Waals surface area (Å²) >= 11 is 3.17. The van der Waals surface area contributed by atoms with Crippen molar-refractivity contribution in [3.63, 3.8) is 0 Å². The van der Waals surface area contributed by atoms with Gasteiger partial charge in [0.1, 0.15) is 0 Å². The summed E-state index contributed by atoms with van der Waals surface area (Å²) in [7, 11) is 0. The SMILES string of the molecule is O=C(CN(Cc1cccs1)C[C@@H]1CCCO1)Nc1nc(-c2c[nH]c3ccccc23)cs1. The van der Waals surface area contributed by atoms with Crippen molar-refractivity contribution < 1.29 is 9.53 Å². The molecule has 1 fully saturated rings. The van der Waals surface area contributed by atoms with E-state index in [1.54, 1.807) is 11.3 Å². The molecule has 0 saturated carbocycles. The lowest BCUT2D eigenvalue weighted by Crippen LogP contribution is -2.37. The average molecular weight is 453 g/mol. The number of anilines is 1. The molecule has 1 amide bonds. The third kappa shape index (κ3) is 4.88. The van der Waals surface area contributed by atoms with E-state index in [9.17, 15) is 4.79 Å². The maximum Gasteiger partial charge on any atom is 0.240 e. The van der Waals surface area contributed by atoms with Crippen LogP contribution in [0, 0.1) is 0 Å². The number of carbonyl (C=O) groups is 1. The van der Waals surface area contributed by atoms with E-state index in [0.717, 1.165) is 54.7 Å². The summed E-state index contributed by atoms with van der Waals surface area (Å²) in [6.45, 7) is 2.66. The molecule has 6 nitrogen and oxygen atoms in total. The number of H-pyrrole nitrogens is 1. The maximum atomic E-state index is 12.8. The van der Waals surface area contributed by atoms with E-state index in [1.165, 1.54) is 16.2 Å². The fourth-order valence-electron chi connectivity index (χ4n) is 3.98. The van der Waals surface area contributed by atoms with Gasteiger partial charge >= 0.3 is 0 Å². The summed E-state index contributed by atoms with van der Waals surface area (Å²) in [6.07, 6.45) is 4.33. The molecule has 31 heavy (non-hydrogen) atoms. The average Bonchev–Trinajstić information content (AvgIpc) is 3.55. The second-order valence-electron chi connectivity index (χ2n) is 7.72. The fraction of sp³-hybridized carbons (Fsp3) is 0.304. The number of thiazole rings is 1. The number of amides is 1. The fourth-order valence-corrected chi connectivity index (χ4v) is 5.46. The number of aromatic nitrogens is 2. The first-order valence-corrected chi connectivity index (χ1v) is 12.2. The molecule has 4 aromatic rings. The monoisotopic (exact) mass is 452 g/mol. The number of benzene rings is 1. The van der Waals surface area contributed by atoms with Gasteiger partial charge in [-0.05, 0) is 30.4 Å². The van der Waals surface area contributed by atoms with Crippen LogP contribution in [0.3, 0.4) is 0 Å². The number of aromatic amines is 1. The normalized spacial score (nSPS) is 16.4. The highest BCUT2D eigenvalue weighted by molar-refractivity contribution is 7.14. The van der Waals surface area contributed by atoms with Crippen LogP contribution in [-0.4, -0.2) is 46.6 Å². The van der Waals surface area contributed by atoms with E-state index in [-0.39, 0.29) is 12.0 Å². The lowest BCUT2D eigenvalue weighted by Gasteiger charge is -2.23. The van der Waals surface area contributed by atoms with E-state index in [0.29, 0.717) is 11.7 Å². The number of rotatable bonds is 8. The number of thiophene rings is 1. The Morgan fingerprint density at radius 1 is 1.26 bits per heavy atom. The second kappa shape index (κ2) is 9.32. The number of ether oxygens (including phenoxy) is 1. The Labute approximate surface area is 188 Å². The van der Waals surface area contributed by atoms with Crippen LogP contribution in [0.25, 0.3) is 22.2 Å². The molecule has 1 saturated heterocycles. The molecule has 1 aliphatic rings. The summed E-state index contributed by atoms with van der Waals surface area (Å²) in [5, 5.41) is 8.80. The van der Waals surface area contributed by atoms with E-state index >= 15 is 0 Å². The highest BCUT2D eigenvalue weighted by atomic mass is 32.1. The van der Waals surface area contributed by atoms with E-state index in [1.807, 2.05) is 35.8 Å². The summed E-state index contributed by atoms with van der Waals surface area (Å²) in [6, 6.07) is 12.3. The lowest BCUT2D eigenvalue weighted by atomic mass is 10.1. The molecular formula is C23H24N4O2S2. The lowest BCUT2D eigenvalue weighted by molar-refractivity contribution is -0.117. The Hall–Kier alpha value is -2.52. The van der Waals surface area contributed by atoms with Crippen molar-refractivity contribution >= 4 is 44.6 Å². The van der Waals surface area contributed by atoms with Gasteiger partial charge in [-0.15, -0.1) is 22.7 Å². The van der Waals surface area contributed by atoms with Crippen molar-refractivity contribution in [1.29, 1.82) is 0 Å². The number of hydrogen-bond acceptors (Lipinski definition) is 6. The molecule has 2 N–H and O–H groups in total. The molecule has 160 valence electrons. The molecule has 1 atom stereocenters. The molecule has 0 bridgehead atoms. The Balaban J connectivity index is 1.25. The first-order valence-electron chi connectivity index (χ1n) is 10.4. The predicted octanol–water partition coefficient (Wildman–Crippen LogP) is 4.97. The van der Waals surface area contributed by atoms with Gasteiger partial charge in [-0.2, -0.15) is 0 Å². The van der Waals surface area contributed by atoms with Crippen LogP contribution in [0.15, 0.2) is 53.4 Å². The summed E-state index contributed by atoms with van der Waals surface area (Å²) in [5.41, 5.74) is 2.99. The Morgan fingerprint density at radius 3 is 3.03 bits per heavy atom. The largest absolute Gasteiger partial charge is 0.377 e. The first kappa shape index (κ1) is 20.4. The second-order valence-corrected chi connectivity index (χ2v) is 9.61. The maximum absolute atomic E-state index is 12.8. The number of para-hydroxylation sites is 1. The zero-order valence-electron chi connectivity index (χ0n) is 17.0. The van der Waals surface area contributed by atoms with Crippen LogP contribution >= 0.6 is 22.7 Å². The molecular weight excluding hydrogens is 428 g/mol. The summed E-state index contributed by atoms with van der Waals surface area (Å²) in [4.78, 5) is 24.2. The number of nitrogens with zero attached hydrogens (tertiary/aromatic N) is 2. The molecule has 4 heterocycles. The molecule has 0 aliphatic carbocycles. The molecule has 5 rings (SSSR count). The topological polar surface area (TPSA) is 70.2 Å². The highest BCUT2D eigenvalue weighted by Gasteiger charge is 2.22. The number of nitrogens with one attached hydrogen (secondary N) is 2. The minimum atomic E-state index is -0.0469. The van der Waals surface area contributed by atoms with E-state index in [2.05, 4.69) is 37.7 Å². The summed E-state index contributed by atoms with van der Waals surface area (Å²) in [5.74, 6) is -0.0469. The molecule has 8 heteroatoms. The summed E-state index contributed by atoms with van der Waals surface area (Å²) < 4.78 is 5.80. The van der Waals surface area contributed by atoms with Gasteiger partial charge in [0.25, 0.3) is 0 Å².